The van der Waals surface area contributed by atoms with E-state index in [9.17, 15) is 4.79 Å². The number of aromatic amines is 1. The average molecular weight is 231 g/mol. The zero-order valence-electron chi connectivity index (χ0n) is 9.69. The largest absolute Gasteiger partial charge is 0.325 e. The number of tetrazole rings is 1. The third-order valence-corrected chi connectivity index (χ3v) is 2.36. The van der Waals surface area contributed by atoms with Gasteiger partial charge in [-0.25, -0.2) is 0 Å². The minimum atomic E-state index is -0.0413. The third kappa shape index (κ3) is 2.47. The molecule has 2 aromatic rings. The molecule has 2 N–H and O–H groups in total. The lowest BCUT2D eigenvalue weighted by Gasteiger charge is -2.08. The van der Waals surface area contributed by atoms with Gasteiger partial charge < -0.3 is 5.32 Å². The quantitative estimate of drug-likeness (QED) is 0.838. The summed E-state index contributed by atoms with van der Waals surface area (Å²) in [5.74, 6) is 0.428. The number of anilines is 1. The lowest BCUT2D eigenvalue weighted by atomic mass is 10.1. The number of carbonyl (C=O) groups is 1. The van der Waals surface area contributed by atoms with Gasteiger partial charge >= 0.3 is 0 Å². The lowest BCUT2D eigenvalue weighted by Crippen LogP contribution is -2.10. The fourth-order valence-electron chi connectivity index (χ4n) is 1.47. The van der Waals surface area contributed by atoms with E-state index in [2.05, 4.69) is 25.9 Å². The Hall–Kier alpha value is -2.24. The van der Waals surface area contributed by atoms with Gasteiger partial charge in [-0.15, -0.1) is 10.2 Å². The van der Waals surface area contributed by atoms with Crippen LogP contribution in [-0.4, -0.2) is 26.5 Å². The van der Waals surface area contributed by atoms with Crippen molar-refractivity contribution in [3.63, 3.8) is 0 Å². The van der Waals surface area contributed by atoms with Crippen LogP contribution in [0.5, 0.6) is 0 Å². The molecule has 0 radical (unpaired) electrons. The summed E-state index contributed by atoms with van der Waals surface area (Å²) in [5.41, 5.74) is 2.52. The van der Waals surface area contributed by atoms with E-state index in [-0.39, 0.29) is 5.91 Å². The topological polar surface area (TPSA) is 83.6 Å². The lowest BCUT2D eigenvalue weighted by molar-refractivity contribution is -0.115. The van der Waals surface area contributed by atoms with Crippen molar-refractivity contribution in [2.45, 2.75) is 20.3 Å². The van der Waals surface area contributed by atoms with E-state index in [4.69, 9.17) is 0 Å². The summed E-state index contributed by atoms with van der Waals surface area (Å²) >= 11 is 0. The van der Waals surface area contributed by atoms with Crippen LogP contribution in [0.25, 0.3) is 11.4 Å². The minimum absolute atomic E-state index is 0.0413. The molecule has 1 heterocycles. The van der Waals surface area contributed by atoms with E-state index in [1.54, 1.807) is 6.92 Å². The molecular weight excluding hydrogens is 218 g/mol. The number of carbonyl (C=O) groups excluding carboxylic acids is 1. The van der Waals surface area contributed by atoms with Gasteiger partial charge in [0, 0.05) is 12.0 Å². The van der Waals surface area contributed by atoms with E-state index in [1.807, 2.05) is 25.1 Å². The maximum Gasteiger partial charge on any atom is 0.224 e. The number of aryl methyl sites for hydroxylation is 1. The van der Waals surface area contributed by atoms with Gasteiger partial charge in [0.15, 0.2) is 0 Å². The van der Waals surface area contributed by atoms with Crippen LogP contribution < -0.4 is 5.32 Å². The molecule has 0 spiro atoms. The van der Waals surface area contributed by atoms with Crippen molar-refractivity contribution in [3.8, 4) is 11.4 Å². The molecule has 0 aliphatic rings. The van der Waals surface area contributed by atoms with Gasteiger partial charge in [-0.1, -0.05) is 13.0 Å². The number of benzene rings is 1. The highest BCUT2D eigenvalue weighted by Gasteiger charge is 2.11. The maximum absolute atomic E-state index is 11.4. The molecule has 0 saturated carbocycles. The van der Waals surface area contributed by atoms with Gasteiger partial charge in [0.25, 0.3) is 0 Å². The highest BCUT2D eigenvalue weighted by Crippen LogP contribution is 2.25. The second-order valence-corrected chi connectivity index (χ2v) is 3.69. The zero-order valence-corrected chi connectivity index (χ0v) is 9.69. The molecule has 0 fully saturated rings. The van der Waals surface area contributed by atoms with Gasteiger partial charge in [-0.3, -0.25) is 4.79 Å². The van der Waals surface area contributed by atoms with Crippen molar-refractivity contribution in [2.75, 3.05) is 5.32 Å². The first kappa shape index (κ1) is 11.3. The summed E-state index contributed by atoms with van der Waals surface area (Å²) in [6, 6.07) is 5.69. The number of nitrogens with zero attached hydrogens (tertiary/aromatic N) is 3. The first-order chi connectivity index (χ1) is 8.20. The van der Waals surface area contributed by atoms with Crippen LogP contribution in [0.3, 0.4) is 0 Å². The Balaban J connectivity index is 2.41. The number of hydrogen-bond donors (Lipinski definition) is 2. The molecule has 0 unspecified atom stereocenters. The SMILES string of the molecule is CCC(=O)Nc1cc(C)ccc1-c1nn[nH]n1. The molecule has 17 heavy (non-hydrogen) atoms. The van der Waals surface area contributed by atoms with E-state index in [1.165, 1.54) is 0 Å². The molecule has 0 saturated heterocycles. The molecule has 0 aliphatic carbocycles. The second-order valence-electron chi connectivity index (χ2n) is 3.69. The van der Waals surface area contributed by atoms with Crippen molar-refractivity contribution < 1.29 is 4.79 Å². The Bertz CT molecular complexity index is 521. The Labute approximate surface area is 98.4 Å². The van der Waals surface area contributed by atoms with Gasteiger partial charge in [0.05, 0.1) is 5.69 Å². The fraction of sp³-hybridized carbons (Fsp3) is 0.273. The summed E-state index contributed by atoms with van der Waals surface area (Å²) in [6.45, 7) is 3.76. The Kier molecular flexibility index (Phi) is 3.13. The van der Waals surface area contributed by atoms with Crippen LogP contribution in [0.1, 0.15) is 18.9 Å². The number of nitrogens with one attached hydrogen (secondary N) is 2. The smallest absolute Gasteiger partial charge is 0.224 e. The monoisotopic (exact) mass is 231 g/mol. The highest BCUT2D eigenvalue weighted by molar-refractivity contribution is 5.94. The molecule has 6 nitrogen and oxygen atoms in total. The molecule has 2 rings (SSSR count). The van der Waals surface area contributed by atoms with Gasteiger partial charge in [0.2, 0.25) is 11.7 Å². The maximum atomic E-state index is 11.4. The zero-order chi connectivity index (χ0) is 12.3. The summed E-state index contributed by atoms with van der Waals surface area (Å²) < 4.78 is 0. The molecule has 0 aliphatic heterocycles. The number of amides is 1. The van der Waals surface area contributed by atoms with Crippen LogP contribution in [-0.2, 0) is 4.79 Å². The van der Waals surface area contributed by atoms with Crippen molar-refractivity contribution in [2.24, 2.45) is 0 Å². The van der Waals surface area contributed by atoms with Crippen molar-refractivity contribution >= 4 is 11.6 Å². The molecule has 0 atom stereocenters. The molecule has 88 valence electrons. The number of hydrogen-bond acceptors (Lipinski definition) is 4. The van der Waals surface area contributed by atoms with Crippen molar-refractivity contribution in [1.82, 2.24) is 20.6 Å². The number of rotatable bonds is 3. The van der Waals surface area contributed by atoms with Crippen LogP contribution >= 0.6 is 0 Å². The van der Waals surface area contributed by atoms with E-state index < -0.39 is 0 Å². The Morgan fingerprint density at radius 3 is 2.94 bits per heavy atom. The molecule has 6 heteroatoms. The van der Waals surface area contributed by atoms with Crippen molar-refractivity contribution in [3.05, 3.63) is 23.8 Å². The number of aromatic nitrogens is 4. The number of H-pyrrole nitrogens is 1. The Morgan fingerprint density at radius 2 is 2.29 bits per heavy atom. The van der Waals surface area contributed by atoms with Gasteiger partial charge in [-0.05, 0) is 29.8 Å². The second kappa shape index (κ2) is 4.73. The normalized spacial score (nSPS) is 10.2. The van der Waals surface area contributed by atoms with Crippen LogP contribution in [0.4, 0.5) is 5.69 Å². The van der Waals surface area contributed by atoms with E-state index in [0.29, 0.717) is 17.9 Å². The van der Waals surface area contributed by atoms with Gasteiger partial charge in [0.1, 0.15) is 0 Å². The van der Waals surface area contributed by atoms with E-state index in [0.717, 1.165) is 11.1 Å². The van der Waals surface area contributed by atoms with Crippen LogP contribution in [0.2, 0.25) is 0 Å². The Morgan fingerprint density at radius 1 is 1.47 bits per heavy atom. The summed E-state index contributed by atoms with van der Waals surface area (Å²) in [7, 11) is 0. The predicted molar refractivity (Wildman–Crippen MR) is 63.3 cm³/mol. The average Bonchev–Trinajstić information content (AvgIpc) is 2.82. The first-order valence-corrected chi connectivity index (χ1v) is 5.35. The van der Waals surface area contributed by atoms with Crippen LogP contribution in [0, 0.1) is 6.92 Å². The molecule has 1 aromatic carbocycles. The summed E-state index contributed by atoms with van der Waals surface area (Å²) in [5, 5.41) is 16.6. The molecule has 0 bridgehead atoms. The molecular formula is C11H13N5O. The van der Waals surface area contributed by atoms with Crippen molar-refractivity contribution in [1.29, 1.82) is 0 Å². The first-order valence-electron chi connectivity index (χ1n) is 5.35. The highest BCUT2D eigenvalue weighted by atomic mass is 16.1. The standard InChI is InChI=1S/C11H13N5O/c1-3-10(17)12-9-6-7(2)4-5-8(9)11-13-15-16-14-11/h4-6H,3H2,1-2H3,(H,12,17)(H,13,14,15,16). The summed E-state index contributed by atoms with van der Waals surface area (Å²) in [6.07, 6.45) is 0.430. The van der Waals surface area contributed by atoms with Gasteiger partial charge in [-0.2, -0.15) is 5.21 Å². The molecule has 1 amide bonds. The van der Waals surface area contributed by atoms with E-state index >= 15 is 0 Å². The molecule has 1 aromatic heterocycles. The van der Waals surface area contributed by atoms with Crippen LogP contribution in [0.15, 0.2) is 18.2 Å². The predicted octanol–water partition coefficient (Wildman–Crippen LogP) is 1.52. The minimum Gasteiger partial charge on any atom is -0.325 e. The fourth-order valence-corrected chi connectivity index (χ4v) is 1.47. The third-order valence-electron chi connectivity index (χ3n) is 2.36. The summed E-state index contributed by atoms with van der Waals surface area (Å²) in [4.78, 5) is 11.4.